The second kappa shape index (κ2) is 4.49. The average molecular weight is 221 g/mol. The molecule has 0 aliphatic carbocycles. The summed E-state index contributed by atoms with van der Waals surface area (Å²) in [6.07, 6.45) is 1.55. The second-order valence-corrected chi connectivity index (χ2v) is 3.90. The smallest absolute Gasteiger partial charge is 0.272 e. The number of nitrogens with zero attached hydrogens (tertiary/aromatic N) is 2. The zero-order valence-corrected chi connectivity index (χ0v) is 9.22. The van der Waals surface area contributed by atoms with Gasteiger partial charge in [0.25, 0.3) is 5.91 Å². The van der Waals surface area contributed by atoms with Crippen LogP contribution in [0.1, 0.15) is 17.4 Å². The Bertz CT molecular complexity index is 395. The number of nitrogens with two attached hydrogens (primary N) is 1. The number of nitrogen functional groups attached to an aromatic ring is 1. The number of pyridine rings is 1. The highest BCUT2D eigenvalue weighted by atomic mass is 16.5. The van der Waals surface area contributed by atoms with Crippen molar-refractivity contribution in [1.82, 2.24) is 9.88 Å². The lowest BCUT2D eigenvalue weighted by Crippen LogP contribution is -2.47. The number of carbonyl (C=O) groups excluding carboxylic acids is 1. The molecule has 0 aromatic carbocycles. The van der Waals surface area contributed by atoms with Crippen LogP contribution in [0.3, 0.4) is 0 Å². The standard InChI is InChI=1S/C11H15N3O2/c1-8-7-16-5-4-14(8)11(15)10-6-9(12)2-3-13-10/h2-3,6,8H,4-5,7H2,1H3,(H2,12,13). The van der Waals surface area contributed by atoms with Gasteiger partial charge in [-0.15, -0.1) is 0 Å². The molecule has 1 aromatic heterocycles. The predicted molar refractivity (Wildman–Crippen MR) is 60.0 cm³/mol. The van der Waals surface area contributed by atoms with Crippen LogP contribution in [0, 0.1) is 0 Å². The molecule has 1 atom stereocenters. The predicted octanol–water partition coefficient (Wildman–Crippen LogP) is 0.525. The van der Waals surface area contributed by atoms with E-state index >= 15 is 0 Å². The Hall–Kier alpha value is -1.62. The molecule has 86 valence electrons. The lowest BCUT2D eigenvalue weighted by atomic mass is 10.2. The van der Waals surface area contributed by atoms with Gasteiger partial charge in [0.05, 0.1) is 19.3 Å². The molecule has 0 bridgehead atoms. The SMILES string of the molecule is CC1COCCN1C(=O)c1cc(N)ccn1. The Labute approximate surface area is 94.2 Å². The van der Waals surface area contributed by atoms with Gasteiger partial charge >= 0.3 is 0 Å². The Morgan fingerprint density at radius 1 is 1.69 bits per heavy atom. The highest BCUT2D eigenvalue weighted by Gasteiger charge is 2.25. The molecular formula is C11H15N3O2. The van der Waals surface area contributed by atoms with E-state index in [1.54, 1.807) is 23.2 Å². The van der Waals surface area contributed by atoms with Gasteiger partial charge in [0.2, 0.25) is 0 Å². The quantitative estimate of drug-likeness (QED) is 0.750. The molecule has 1 aliphatic rings. The molecule has 1 aliphatic heterocycles. The van der Waals surface area contributed by atoms with E-state index in [-0.39, 0.29) is 11.9 Å². The fourth-order valence-corrected chi connectivity index (χ4v) is 1.74. The maximum Gasteiger partial charge on any atom is 0.272 e. The van der Waals surface area contributed by atoms with Crippen molar-refractivity contribution in [1.29, 1.82) is 0 Å². The van der Waals surface area contributed by atoms with E-state index in [4.69, 9.17) is 10.5 Å². The molecular weight excluding hydrogens is 206 g/mol. The number of morpholine rings is 1. The zero-order valence-electron chi connectivity index (χ0n) is 9.22. The van der Waals surface area contributed by atoms with E-state index in [1.807, 2.05) is 6.92 Å². The summed E-state index contributed by atoms with van der Waals surface area (Å²) in [7, 11) is 0. The molecule has 1 unspecified atom stereocenters. The van der Waals surface area contributed by atoms with Crippen LogP contribution in [0.4, 0.5) is 5.69 Å². The summed E-state index contributed by atoms with van der Waals surface area (Å²) in [5.74, 6) is -0.0805. The zero-order chi connectivity index (χ0) is 11.5. The number of hydrogen-bond donors (Lipinski definition) is 1. The lowest BCUT2D eigenvalue weighted by Gasteiger charge is -2.33. The topological polar surface area (TPSA) is 68.5 Å². The molecule has 2 N–H and O–H groups in total. The monoisotopic (exact) mass is 221 g/mol. The molecule has 2 rings (SSSR count). The van der Waals surface area contributed by atoms with Crippen molar-refractivity contribution in [3.63, 3.8) is 0 Å². The molecule has 5 nitrogen and oxygen atoms in total. The fourth-order valence-electron chi connectivity index (χ4n) is 1.74. The fraction of sp³-hybridized carbons (Fsp3) is 0.455. The van der Waals surface area contributed by atoms with Crippen molar-refractivity contribution in [2.75, 3.05) is 25.5 Å². The van der Waals surface area contributed by atoms with Crippen molar-refractivity contribution >= 4 is 11.6 Å². The highest BCUT2D eigenvalue weighted by molar-refractivity contribution is 5.93. The average Bonchev–Trinajstić information content (AvgIpc) is 2.29. The molecule has 1 amide bonds. The molecule has 16 heavy (non-hydrogen) atoms. The minimum absolute atomic E-state index is 0.0805. The maximum absolute atomic E-state index is 12.1. The second-order valence-electron chi connectivity index (χ2n) is 3.90. The van der Waals surface area contributed by atoms with E-state index in [0.717, 1.165) is 0 Å². The van der Waals surface area contributed by atoms with Gasteiger partial charge in [-0.05, 0) is 19.1 Å². The first kappa shape index (κ1) is 10.9. The van der Waals surface area contributed by atoms with Crippen molar-refractivity contribution < 1.29 is 9.53 Å². The Kier molecular flexibility index (Phi) is 3.05. The third-order valence-electron chi connectivity index (χ3n) is 2.63. The van der Waals surface area contributed by atoms with Gasteiger partial charge in [-0.1, -0.05) is 0 Å². The van der Waals surface area contributed by atoms with Crippen LogP contribution < -0.4 is 5.73 Å². The molecule has 1 aromatic rings. The van der Waals surface area contributed by atoms with Crippen molar-refractivity contribution in [2.45, 2.75) is 13.0 Å². The Balaban J connectivity index is 2.17. The van der Waals surface area contributed by atoms with E-state index in [0.29, 0.717) is 31.1 Å². The van der Waals surface area contributed by atoms with Gasteiger partial charge in [0.15, 0.2) is 0 Å². The normalized spacial score (nSPS) is 20.8. The van der Waals surface area contributed by atoms with Gasteiger partial charge in [-0.2, -0.15) is 0 Å². The Morgan fingerprint density at radius 2 is 2.50 bits per heavy atom. The van der Waals surface area contributed by atoms with Crippen LogP contribution in [-0.2, 0) is 4.74 Å². The van der Waals surface area contributed by atoms with Crippen molar-refractivity contribution in [2.24, 2.45) is 0 Å². The third kappa shape index (κ3) is 2.14. The molecule has 0 spiro atoms. The van der Waals surface area contributed by atoms with Gasteiger partial charge in [-0.3, -0.25) is 9.78 Å². The third-order valence-corrected chi connectivity index (χ3v) is 2.63. The van der Waals surface area contributed by atoms with Gasteiger partial charge in [0, 0.05) is 18.4 Å². The summed E-state index contributed by atoms with van der Waals surface area (Å²) in [5.41, 5.74) is 6.58. The minimum Gasteiger partial charge on any atom is -0.399 e. The number of hydrogen-bond acceptors (Lipinski definition) is 4. The number of aromatic nitrogens is 1. The molecule has 0 saturated carbocycles. The van der Waals surface area contributed by atoms with Crippen molar-refractivity contribution in [3.8, 4) is 0 Å². The van der Waals surface area contributed by atoms with Gasteiger partial charge in [-0.25, -0.2) is 0 Å². The number of rotatable bonds is 1. The maximum atomic E-state index is 12.1. The first-order valence-corrected chi connectivity index (χ1v) is 5.28. The number of amides is 1. The van der Waals surface area contributed by atoms with Crippen LogP contribution in [0.15, 0.2) is 18.3 Å². The van der Waals surface area contributed by atoms with Crippen LogP contribution in [-0.4, -0.2) is 41.6 Å². The number of carbonyl (C=O) groups is 1. The van der Waals surface area contributed by atoms with Crippen LogP contribution in [0.5, 0.6) is 0 Å². The van der Waals surface area contributed by atoms with Crippen LogP contribution in [0.2, 0.25) is 0 Å². The van der Waals surface area contributed by atoms with E-state index < -0.39 is 0 Å². The largest absolute Gasteiger partial charge is 0.399 e. The number of anilines is 1. The van der Waals surface area contributed by atoms with Crippen LogP contribution in [0.25, 0.3) is 0 Å². The molecule has 1 fully saturated rings. The summed E-state index contributed by atoms with van der Waals surface area (Å²) >= 11 is 0. The van der Waals surface area contributed by atoms with Crippen LogP contribution >= 0.6 is 0 Å². The number of ether oxygens (including phenoxy) is 1. The summed E-state index contributed by atoms with van der Waals surface area (Å²) in [6.45, 7) is 3.73. The van der Waals surface area contributed by atoms with Gasteiger partial charge < -0.3 is 15.4 Å². The van der Waals surface area contributed by atoms with E-state index in [2.05, 4.69) is 4.98 Å². The first-order chi connectivity index (χ1) is 7.68. The minimum atomic E-state index is -0.0805. The summed E-state index contributed by atoms with van der Waals surface area (Å²) < 4.78 is 5.28. The molecule has 0 radical (unpaired) electrons. The summed E-state index contributed by atoms with van der Waals surface area (Å²) in [6, 6.07) is 3.36. The summed E-state index contributed by atoms with van der Waals surface area (Å²) in [4.78, 5) is 17.9. The molecule has 1 saturated heterocycles. The van der Waals surface area contributed by atoms with E-state index in [9.17, 15) is 4.79 Å². The highest BCUT2D eigenvalue weighted by Crippen LogP contribution is 2.12. The Morgan fingerprint density at radius 3 is 3.19 bits per heavy atom. The van der Waals surface area contributed by atoms with Crippen molar-refractivity contribution in [3.05, 3.63) is 24.0 Å². The molecule has 2 heterocycles. The first-order valence-electron chi connectivity index (χ1n) is 5.28. The summed E-state index contributed by atoms with van der Waals surface area (Å²) in [5, 5.41) is 0. The van der Waals surface area contributed by atoms with Gasteiger partial charge in [0.1, 0.15) is 5.69 Å². The molecule has 5 heteroatoms. The lowest BCUT2D eigenvalue weighted by molar-refractivity contribution is 0.00328. The van der Waals surface area contributed by atoms with E-state index in [1.165, 1.54) is 0 Å².